The van der Waals surface area contributed by atoms with Crippen LogP contribution in [-0.2, 0) is 4.79 Å². The van der Waals surface area contributed by atoms with Crippen molar-refractivity contribution in [1.29, 1.82) is 0 Å². The number of aliphatic carboxylic acids is 1. The van der Waals surface area contributed by atoms with Gasteiger partial charge in [-0.25, -0.2) is 4.79 Å². The number of hydrogen-bond acceptors (Lipinski definition) is 3. The molecule has 5 nitrogen and oxygen atoms in total. The van der Waals surface area contributed by atoms with Gasteiger partial charge in [-0.2, -0.15) is 4.99 Å². The molecule has 1 aromatic heterocycles. The molecule has 2 aromatic carbocycles. The normalized spacial score (nSPS) is 13.2. The number of thiazole rings is 1. The predicted molar refractivity (Wildman–Crippen MR) is 98.0 cm³/mol. The minimum absolute atomic E-state index is 0.379. The van der Waals surface area contributed by atoms with Crippen LogP contribution in [0.25, 0.3) is 10.2 Å². The number of carbonyl (C=O) groups is 2. The molecule has 3 aromatic rings. The summed E-state index contributed by atoms with van der Waals surface area (Å²) in [5.41, 5.74) is 3.34. The van der Waals surface area contributed by atoms with Crippen LogP contribution in [0.15, 0.2) is 47.5 Å². The molecule has 0 aliphatic rings. The Balaban J connectivity index is 2.22. The van der Waals surface area contributed by atoms with Crippen LogP contribution in [0, 0.1) is 13.8 Å². The first-order valence-electron chi connectivity index (χ1n) is 7.87. The van der Waals surface area contributed by atoms with Crippen molar-refractivity contribution in [3.05, 3.63) is 64.0 Å². The highest BCUT2D eigenvalue weighted by atomic mass is 32.1. The molecular formula is C19H18N2O3S. The molecule has 0 saturated heterocycles. The Morgan fingerprint density at radius 1 is 1.12 bits per heavy atom. The van der Waals surface area contributed by atoms with Gasteiger partial charge in [-0.3, -0.25) is 4.79 Å². The summed E-state index contributed by atoms with van der Waals surface area (Å²) in [6, 6.07) is 12.0. The summed E-state index contributed by atoms with van der Waals surface area (Å²) >= 11 is 1.33. The molecule has 1 unspecified atom stereocenters. The average molecular weight is 354 g/mol. The average Bonchev–Trinajstić information content (AvgIpc) is 2.94. The van der Waals surface area contributed by atoms with Gasteiger partial charge in [-0.15, -0.1) is 0 Å². The minimum Gasteiger partial charge on any atom is -0.480 e. The highest BCUT2D eigenvalue weighted by Crippen LogP contribution is 2.24. The van der Waals surface area contributed by atoms with E-state index in [1.54, 1.807) is 23.6 Å². The van der Waals surface area contributed by atoms with Crippen molar-refractivity contribution >= 4 is 33.4 Å². The van der Waals surface area contributed by atoms with Crippen LogP contribution >= 0.6 is 11.3 Å². The zero-order valence-electron chi connectivity index (χ0n) is 14.2. The van der Waals surface area contributed by atoms with Gasteiger partial charge >= 0.3 is 5.97 Å². The zero-order chi connectivity index (χ0) is 18.1. The lowest BCUT2D eigenvalue weighted by atomic mass is 10.1. The zero-order valence-corrected chi connectivity index (χ0v) is 15.0. The molecule has 0 saturated carbocycles. The highest BCUT2D eigenvalue weighted by molar-refractivity contribution is 7.16. The molecule has 0 bridgehead atoms. The molecule has 0 fully saturated rings. The first-order chi connectivity index (χ1) is 11.9. The van der Waals surface area contributed by atoms with Gasteiger partial charge in [0.25, 0.3) is 5.91 Å². The quantitative estimate of drug-likeness (QED) is 0.779. The van der Waals surface area contributed by atoms with Crippen molar-refractivity contribution in [2.24, 2.45) is 4.99 Å². The van der Waals surface area contributed by atoms with Gasteiger partial charge in [0.15, 0.2) is 4.80 Å². The molecule has 0 spiro atoms. The van der Waals surface area contributed by atoms with Gasteiger partial charge < -0.3 is 9.67 Å². The molecule has 3 rings (SSSR count). The molecule has 0 radical (unpaired) electrons. The van der Waals surface area contributed by atoms with E-state index in [0.29, 0.717) is 10.4 Å². The van der Waals surface area contributed by atoms with Crippen LogP contribution in [0.1, 0.15) is 34.5 Å². The number of aromatic nitrogens is 1. The lowest BCUT2D eigenvalue weighted by Gasteiger charge is -2.10. The lowest BCUT2D eigenvalue weighted by Crippen LogP contribution is -2.25. The number of carboxylic acid groups (broad SMARTS) is 1. The second-order valence-electron chi connectivity index (χ2n) is 5.97. The second-order valence-corrected chi connectivity index (χ2v) is 6.95. The van der Waals surface area contributed by atoms with E-state index < -0.39 is 12.0 Å². The van der Waals surface area contributed by atoms with E-state index >= 15 is 0 Å². The molecule has 1 atom stereocenters. The van der Waals surface area contributed by atoms with Crippen LogP contribution in [0.4, 0.5) is 0 Å². The monoisotopic (exact) mass is 354 g/mol. The highest BCUT2D eigenvalue weighted by Gasteiger charge is 2.19. The van der Waals surface area contributed by atoms with Gasteiger partial charge in [-0.05, 0) is 44.5 Å². The summed E-state index contributed by atoms with van der Waals surface area (Å²) in [5.74, 6) is -1.35. The van der Waals surface area contributed by atoms with Crippen molar-refractivity contribution in [2.45, 2.75) is 26.8 Å². The number of benzene rings is 2. The maximum Gasteiger partial charge on any atom is 0.326 e. The predicted octanol–water partition coefficient (Wildman–Crippen LogP) is 3.71. The number of fused-ring (bicyclic) bond motifs is 1. The third kappa shape index (κ3) is 3.25. The maximum atomic E-state index is 12.5. The van der Waals surface area contributed by atoms with Crippen LogP contribution in [0.5, 0.6) is 0 Å². The summed E-state index contributed by atoms with van der Waals surface area (Å²) in [5, 5.41) is 9.45. The number of carbonyl (C=O) groups excluding carboxylic acids is 1. The Hall–Kier alpha value is -2.73. The van der Waals surface area contributed by atoms with Gasteiger partial charge in [-0.1, -0.05) is 41.2 Å². The van der Waals surface area contributed by atoms with Crippen LogP contribution in [-0.4, -0.2) is 21.6 Å². The van der Waals surface area contributed by atoms with Gasteiger partial charge in [0, 0.05) is 5.56 Å². The van der Waals surface area contributed by atoms with Crippen molar-refractivity contribution in [3.63, 3.8) is 0 Å². The third-order valence-corrected chi connectivity index (χ3v) is 5.30. The number of carboxylic acids is 1. The van der Waals surface area contributed by atoms with E-state index in [1.807, 2.05) is 44.2 Å². The molecule has 1 N–H and O–H groups in total. The Labute approximate surface area is 148 Å². The number of hydrogen-bond donors (Lipinski definition) is 1. The second kappa shape index (κ2) is 6.64. The number of amides is 1. The van der Waals surface area contributed by atoms with Crippen LogP contribution in [0.3, 0.4) is 0 Å². The van der Waals surface area contributed by atoms with Crippen molar-refractivity contribution in [3.8, 4) is 0 Å². The fourth-order valence-corrected chi connectivity index (χ4v) is 3.78. The largest absolute Gasteiger partial charge is 0.480 e. The minimum atomic E-state index is -0.967. The first kappa shape index (κ1) is 17.1. The van der Waals surface area contributed by atoms with E-state index in [-0.39, 0.29) is 5.91 Å². The lowest BCUT2D eigenvalue weighted by molar-refractivity contribution is -0.140. The Morgan fingerprint density at radius 3 is 2.44 bits per heavy atom. The fraction of sp³-hybridized carbons (Fsp3) is 0.211. The van der Waals surface area contributed by atoms with E-state index in [9.17, 15) is 14.7 Å². The molecule has 1 amide bonds. The molecular weight excluding hydrogens is 336 g/mol. The van der Waals surface area contributed by atoms with Gasteiger partial charge in [0.05, 0.1) is 10.2 Å². The molecule has 0 aliphatic heterocycles. The van der Waals surface area contributed by atoms with Crippen molar-refractivity contribution in [1.82, 2.24) is 4.57 Å². The number of rotatable bonds is 3. The van der Waals surface area contributed by atoms with E-state index in [2.05, 4.69) is 4.99 Å². The molecule has 128 valence electrons. The fourth-order valence-electron chi connectivity index (χ4n) is 2.61. The molecule has 6 heteroatoms. The van der Waals surface area contributed by atoms with E-state index in [0.717, 1.165) is 21.3 Å². The van der Waals surface area contributed by atoms with Crippen LogP contribution < -0.4 is 4.80 Å². The number of nitrogens with zero attached hydrogens (tertiary/aromatic N) is 2. The summed E-state index contributed by atoms with van der Waals surface area (Å²) < 4.78 is 2.55. The number of aryl methyl sites for hydroxylation is 2. The van der Waals surface area contributed by atoms with Gasteiger partial charge in [0.1, 0.15) is 6.04 Å². The Kier molecular flexibility index (Phi) is 4.55. The van der Waals surface area contributed by atoms with Crippen molar-refractivity contribution in [2.75, 3.05) is 0 Å². The standard InChI is InChI=1S/C19H18N2O3S/c1-11-7-9-14(10-8-11)17(22)20-19-21(13(3)18(23)24)15-6-4-5-12(2)16(15)25-19/h4-10,13H,1-3H3,(H,23,24). The van der Waals surface area contributed by atoms with Crippen molar-refractivity contribution < 1.29 is 14.7 Å². The molecule has 1 heterocycles. The summed E-state index contributed by atoms with van der Waals surface area (Å²) in [7, 11) is 0. The Morgan fingerprint density at radius 2 is 1.80 bits per heavy atom. The van der Waals surface area contributed by atoms with Gasteiger partial charge in [0.2, 0.25) is 0 Å². The summed E-state index contributed by atoms with van der Waals surface area (Å²) in [6.45, 7) is 5.50. The molecule has 25 heavy (non-hydrogen) atoms. The van der Waals surface area contributed by atoms with Crippen LogP contribution in [0.2, 0.25) is 0 Å². The SMILES string of the molecule is Cc1ccc(C(=O)N=c2sc3c(C)cccc3n2C(C)C(=O)O)cc1. The maximum absolute atomic E-state index is 12.5. The molecule has 0 aliphatic carbocycles. The Bertz CT molecular complexity index is 1030. The van der Waals surface area contributed by atoms with E-state index in [4.69, 9.17) is 0 Å². The topological polar surface area (TPSA) is 71.7 Å². The third-order valence-electron chi connectivity index (χ3n) is 4.09. The summed E-state index contributed by atoms with van der Waals surface area (Å²) in [4.78, 5) is 28.7. The van der Waals surface area contributed by atoms with E-state index in [1.165, 1.54) is 11.3 Å². The first-order valence-corrected chi connectivity index (χ1v) is 8.69. The summed E-state index contributed by atoms with van der Waals surface area (Å²) in [6.07, 6.45) is 0. The smallest absolute Gasteiger partial charge is 0.326 e.